The highest BCUT2D eigenvalue weighted by atomic mass is 16.5. The second kappa shape index (κ2) is 4.91. The molecule has 7 nitrogen and oxygen atoms in total. The highest BCUT2D eigenvalue weighted by molar-refractivity contribution is 5.96. The Bertz CT molecular complexity index is 532. The summed E-state index contributed by atoms with van der Waals surface area (Å²) in [7, 11) is 3.20. The molecule has 0 aliphatic rings. The van der Waals surface area contributed by atoms with Crippen molar-refractivity contribution in [3.05, 3.63) is 29.8 Å². The first-order valence-corrected chi connectivity index (χ1v) is 5.40. The lowest BCUT2D eigenvalue weighted by atomic mass is 10.2. The number of amides is 1. The molecule has 2 rings (SSSR count). The van der Waals surface area contributed by atoms with Gasteiger partial charge in [-0.05, 0) is 6.92 Å². The van der Waals surface area contributed by atoms with Crippen LogP contribution >= 0.6 is 0 Å². The summed E-state index contributed by atoms with van der Waals surface area (Å²) in [5.74, 6) is 0.148. The minimum absolute atomic E-state index is 0.249. The smallest absolute Gasteiger partial charge is 0.258 e. The van der Waals surface area contributed by atoms with E-state index >= 15 is 0 Å². The second-order valence-corrected chi connectivity index (χ2v) is 3.81. The minimum atomic E-state index is -0.268. The van der Waals surface area contributed by atoms with Crippen molar-refractivity contribution in [2.24, 2.45) is 7.05 Å². The van der Waals surface area contributed by atoms with Gasteiger partial charge >= 0.3 is 0 Å². The van der Waals surface area contributed by atoms with Crippen LogP contribution in [0.2, 0.25) is 0 Å². The van der Waals surface area contributed by atoms with E-state index in [1.807, 2.05) is 6.92 Å². The van der Waals surface area contributed by atoms with Crippen molar-refractivity contribution >= 4 is 5.91 Å². The average Bonchev–Trinajstić information content (AvgIpc) is 2.97. The zero-order valence-electron chi connectivity index (χ0n) is 10.4. The number of carbonyl (C=O) groups excluding carboxylic acids is 1. The Kier molecular flexibility index (Phi) is 3.31. The van der Waals surface area contributed by atoms with Gasteiger partial charge in [0.25, 0.3) is 5.91 Å². The van der Waals surface area contributed by atoms with Gasteiger partial charge in [0.1, 0.15) is 17.5 Å². The minimum Gasteiger partial charge on any atom is -0.481 e. The Morgan fingerprint density at radius 2 is 2.39 bits per heavy atom. The van der Waals surface area contributed by atoms with Gasteiger partial charge in [0, 0.05) is 13.1 Å². The molecule has 2 heterocycles. The van der Waals surface area contributed by atoms with E-state index in [1.165, 1.54) is 24.3 Å². The summed E-state index contributed by atoms with van der Waals surface area (Å²) in [5.41, 5.74) is 1.04. The predicted molar refractivity (Wildman–Crippen MR) is 62.1 cm³/mol. The third-order valence-electron chi connectivity index (χ3n) is 2.57. The molecule has 0 saturated heterocycles. The van der Waals surface area contributed by atoms with Gasteiger partial charge in [0.2, 0.25) is 5.88 Å². The summed E-state index contributed by atoms with van der Waals surface area (Å²) in [5, 5.41) is 10.5. The van der Waals surface area contributed by atoms with Gasteiger partial charge in [-0.3, -0.25) is 4.79 Å². The van der Waals surface area contributed by atoms with Crippen LogP contribution in [-0.2, 0) is 7.05 Å². The van der Waals surface area contributed by atoms with Crippen LogP contribution in [0.25, 0.3) is 0 Å². The van der Waals surface area contributed by atoms with Gasteiger partial charge in [0.05, 0.1) is 19.3 Å². The molecule has 1 unspecified atom stereocenters. The molecule has 18 heavy (non-hydrogen) atoms. The molecular weight excluding hydrogens is 236 g/mol. The van der Waals surface area contributed by atoms with Crippen molar-refractivity contribution in [3.8, 4) is 5.88 Å². The maximum absolute atomic E-state index is 12.0. The lowest BCUT2D eigenvalue weighted by Crippen LogP contribution is -2.27. The van der Waals surface area contributed by atoms with E-state index in [4.69, 9.17) is 9.26 Å². The van der Waals surface area contributed by atoms with Crippen LogP contribution in [0.3, 0.4) is 0 Å². The van der Waals surface area contributed by atoms with E-state index in [1.54, 1.807) is 13.1 Å². The number of carbonyl (C=O) groups is 1. The Balaban J connectivity index is 2.12. The average molecular weight is 250 g/mol. The molecule has 0 spiro atoms. The Labute approximate surface area is 104 Å². The van der Waals surface area contributed by atoms with Crippen LogP contribution in [0.5, 0.6) is 5.88 Å². The van der Waals surface area contributed by atoms with Crippen molar-refractivity contribution in [2.75, 3.05) is 7.11 Å². The van der Waals surface area contributed by atoms with Crippen LogP contribution in [0.15, 0.2) is 23.0 Å². The molecule has 0 fully saturated rings. The number of nitrogens with zero attached hydrogens (tertiary/aromatic N) is 3. The monoisotopic (exact) mass is 250 g/mol. The number of aromatic nitrogens is 3. The third-order valence-corrected chi connectivity index (χ3v) is 2.57. The number of ether oxygens (including phenoxy) is 1. The maximum Gasteiger partial charge on any atom is 0.258 e. The van der Waals surface area contributed by atoms with Crippen molar-refractivity contribution in [1.82, 2.24) is 20.3 Å². The number of methoxy groups -OCH3 is 1. The molecule has 0 aliphatic heterocycles. The molecule has 1 N–H and O–H groups in total. The number of hydrogen-bond acceptors (Lipinski definition) is 5. The van der Waals surface area contributed by atoms with Crippen LogP contribution < -0.4 is 10.1 Å². The highest BCUT2D eigenvalue weighted by Crippen LogP contribution is 2.17. The molecule has 7 heteroatoms. The molecular formula is C11H14N4O3. The van der Waals surface area contributed by atoms with E-state index < -0.39 is 0 Å². The third kappa shape index (κ3) is 2.20. The van der Waals surface area contributed by atoms with Gasteiger partial charge in [-0.15, -0.1) is 0 Å². The summed E-state index contributed by atoms with van der Waals surface area (Å²) in [6, 6.07) is 1.45. The van der Waals surface area contributed by atoms with Crippen molar-refractivity contribution in [1.29, 1.82) is 0 Å². The van der Waals surface area contributed by atoms with Gasteiger partial charge in [0.15, 0.2) is 0 Å². The molecule has 1 amide bonds. The van der Waals surface area contributed by atoms with Gasteiger partial charge < -0.3 is 14.6 Å². The fourth-order valence-corrected chi connectivity index (χ4v) is 1.62. The first kappa shape index (κ1) is 12.2. The van der Waals surface area contributed by atoms with Crippen molar-refractivity contribution < 1.29 is 14.1 Å². The second-order valence-electron chi connectivity index (χ2n) is 3.81. The van der Waals surface area contributed by atoms with Crippen molar-refractivity contribution in [2.45, 2.75) is 13.0 Å². The van der Waals surface area contributed by atoms with Crippen LogP contribution in [0, 0.1) is 0 Å². The van der Waals surface area contributed by atoms with E-state index in [2.05, 4.69) is 15.6 Å². The lowest BCUT2D eigenvalue weighted by Gasteiger charge is -2.10. The first-order chi connectivity index (χ1) is 8.63. The molecule has 0 radical (unpaired) electrons. The predicted octanol–water partition coefficient (Wildman–Crippen LogP) is 0.908. The number of aryl methyl sites for hydroxylation is 1. The normalized spacial score (nSPS) is 12.2. The largest absolute Gasteiger partial charge is 0.481 e. The first-order valence-electron chi connectivity index (χ1n) is 5.40. The van der Waals surface area contributed by atoms with E-state index in [0.29, 0.717) is 17.1 Å². The van der Waals surface area contributed by atoms with Gasteiger partial charge in [-0.25, -0.2) is 4.68 Å². The zero-order valence-corrected chi connectivity index (χ0v) is 10.4. The number of hydrogen-bond donors (Lipinski definition) is 1. The fraction of sp³-hybridized carbons (Fsp3) is 0.364. The van der Waals surface area contributed by atoms with Crippen LogP contribution in [-0.4, -0.2) is 28.0 Å². The molecule has 0 saturated carbocycles. The lowest BCUT2D eigenvalue weighted by molar-refractivity contribution is 0.0935. The quantitative estimate of drug-likeness (QED) is 0.872. The molecule has 0 aromatic carbocycles. The van der Waals surface area contributed by atoms with E-state index in [0.717, 1.165) is 0 Å². The number of rotatable bonds is 4. The SMILES string of the molecule is COc1c(C(=O)NC(C)c2ccon2)cnn1C. The summed E-state index contributed by atoms with van der Waals surface area (Å²) in [6.07, 6.45) is 2.92. The Hall–Kier alpha value is -2.31. The van der Waals surface area contributed by atoms with Crippen LogP contribution in [0.4, 0.5) is 0 Å². The maximum atomic E-state index is 12.0. The van der Waals surface area contributed by atoms with Gasteiger partial charge in [-0.2, -0.15) is 5.10 Å². The zero-order chi connectivity index (χ0) is 13.1. The summed E-state index contributed by atoms with van der Waals surface area (Å²) in [4.78, 5) is 12.0. The van der Waals surface area contributed by atoms with E-state index in [-0.39, 0.29) is 11.9 Å². The highest BCUT2D eigenvalue weighted by Gasteiger charge is 2.19. The van der Waals surface area contributed by atoms with Crippen molar-refractivity contribution in [3.63, 3.8) is 0 Å². The summed E-state index contributed by atoms with van der Waals surface area (Å²) in [6.45, 7) is 1.82. The molecule has 0 bridgehead atoms. The molecule has 96 valence electrons. The summed E-state index contributed by atoms with van der Waals surface area (Å²) >= 11 is 0. The molecule has 0 aliphatic carbocycles. The molecule has 2 aromatic heterocycles. The summed E-state index contributed by atoms with van der Waals surface area (Å²) < 4.78 is 11.3. The molecule has 2 aromatic rings. The Morgan fingerprint density at radius 3 is 3.00 bits per heavy atom. The molecule has 1 atom stereocenters. The Morgan fingerprint density at radius 1 is 1.61 bits per heavy atom. The fourth-order valence-electron chi connectivity index (χ4n) is 1.62. The van der Waals surface area contributed by atoms with Crippen LogP contribution in [0.1, 0.15) is 29.0 Å². The standard InChI is InChI=1S/C11H14N4O3/c1-7(9-4-5-18-14-9)13-10(16)8-6-12-15(2)11(8)17-3/h4-7H,1-3H3,(H,13,16). The topological polar surface area (TPSA) is 82.2 Å². The van der Waals surface area contributed by atoms with Gasteiger partial charge in [-0.1, -0.05) is 5.16 Å². The van der Waals surface area contributed by atoms with E-state index in [9.17, 15) is 4.79 Å². The number of nitrogens with one attached hydrogen (secondary N) is 1.